The van der Waals surface area contributed by atoms with Gasteiger partial charge in [-0.3, -0.25) is 19.9 Å². The summed E-state index contributed by atoms with van der Waals surface area (Å²) in [7, 11) is 0. The zero-order valence-electron chi connectivity index (χ0n) is 9.11. The maximum absolute atomic E-state index is 11.6. The van der Waals surface area contributed by atoms with Gasteiger partial charge in [-0.05, 0) is 22.9 Å². The highest BCUT2D eigenvalue weighted by atomic mass is 79.9. The maximum atomic E-state index is 11.6. The van der Waals surface area contributed by atoms with E-state index >= 15 is 0 Å². The summed E-state index contributed by atoms with van der Waals surface area (Å²) >= 11 is 3.32. The summed E-state index contributed by atoms with van der Waals surface area (Å²) in [6, 6.07) is -0.450. The summed E-state index contributed by atoms with van der Waals surface area (Å²) in [6.45, 7) is 1.81. The number of imide groups is 1. The minimum atomic E-state index is -0.450. The lowest BCUT2D eigenvalue weighted by Gasteiger charge is -2.34. The Hall–Kier alpha value is -1.63. The van der Waals surface area contributed by atoms with Gasteiger partial charge in [0.05, 0.1) is 28.6 Å². The lowest BCUT2D eigenvalue weighted by molar-refractivity contribution is -0.132. The van der Waals surface area contributed by atoms with Crippen molar-refractivity contribution in [3.8, 4) is 0 Å². The Morgan fingerprint density at radius 2 is 2.24 bits per heavy atom. The van der Waals surface area contributed by atoms with Gasteiger partial charge in [0.15, 0.2) is 0 Å². The van der Waals surface area contributed by atoms with Gasteiger partial charge < -0.3 is 10.6 Å². The van der Waals surface area contributed by atoms with Gasteiger partial charge in [0.1, 0.15) is 6.04 Å². The highest BCUT2D eigenvalue weighted by Crippen LogP contribution is 2.33. The minimum Gasteiger partial charge on any atom is -0.396 e. The number of halogens is 1. The molecule has 0 aromatic carbocycles. The molecule has 1 aliphatic rings. The highest BCUT2D eigenvalue weighted by molar-refractivity contribution is 9.10. The Labute approximate surface area is 106 Å². The van der Waals surface area contributed by atoms with Gasteiger partial charge in [0.2, 0.25) is 11.8 Å². The molecule has 2 rings (SSSR count). The first-order valence-corrected chi connectivity index (χ1v) is 5.79. The number of amides is 2. The summed E-state index contributed by atoms with van der Waals surface area (Å²) in [6.07, 6.45) is 3.07. The Morgan fingerprint density at radius 1 is 1.53 bits per heavy atom. The number of nitrogen functional groups attached to an aromatic ring is 1. The second-order valence-electron chi connectivity index (χ2n) is 3.78. The molecule has 0 saturated carbocycles. The van der Waals surface area contributed by atoms with Gasteiger partial charge in [-0.15, -0.1) is 0 Å². The first kappa shape index (κ1) is 11.8. The van der Waals surface area contributed by atoms with Gasteiger partial charge in [-0.25, -0.2) is 0 Å². The van der Waals surface area contributed by atoms with Crippen molar-refractivity contribution in [3.63, 3.8) is 0 Å². The van der Waals surface area contributed by atoms with E-state index in [0.29, 0.717) is 15.8 Å². The van der Waals surface area contributed by atoms with Crippen LogP contribution >= 0.6 is 15.9 Å². The molecule has 1 fully saturated rings. The van der Waals surface area contributed by atoms with Crippen molar-refractivity contribution < 1.29 is 9.59 Å². The monoisotopic (exact) mass is 298 g/mol. The predicted octanol–water partition coefficient (Wildman–Crippen LogP) is 0.278. The number of nitrogens with zero attached hydrogens (tertiary/aromatic N) is 2. The predicted molar refractivity (Wildman–Crippen MR) is 66.3 cm³/mol. The largest absolute Gasteiger partial charge is 0.396 e. The van der Waals surface area contributed by atoms with Gasteiger partial charge in [-0.1, -0.05) is 0 Å². The Kier molecular flexibility index (Phi) is 3.01. The lowest BCUT2D eigenvalue weighted by atomic mass is 10.1. The fourth-order valence-corrected chi connectivity index (χ4v) is 2.31. The third kappa shape index (κ3) is 2.10. The van der Waals surface area contributed by atoms with E-state index in [1.165, 1.54) is 6.20 Å². The number of rotatable bonds is 1. The van der Waals surface area contributed by atoms with E-state index in [2.05, 4.69) is 26.2 Å². The lowest BCUT2D eigenvalue weighted by Crippen LogP contribution is -2.57. The van der Waals surface area contributed by atoms with Crippen LogP contribution in [0.3, 0.4) is 0 Å². The second kappa shape index (κ2) is 4.33. The van der Waals surface area contributed by atoms with Crippen molar-refractivity contribution in [2.45, 2.75) is 13.0 Å². The molecule has 90 valence electrons. The standard InChI is InChI=1S/C10H11BrN4O2/c1-5-10(17)14-8(16)4-15(5)9-6(11)2-13-3-7(9)12/h2-3,5H,4,12H2,1H3,(H,14,16,17). The Bertz CT molecular complexity index is 471. The van der Waals surface area contributed by atoms with Crippen LogP contribution in [0.4, 0.5) is 11.4 Å². The molecule has 0 spiro atoms. The molecule has 7 heteroatoms. The van der Waals surface area contributed by atoms with E-state index in [9.17, 15) is 9.59 Å². The number of carbonyl (C=O) groups excluding carboxylic acids is 2. The number of pyridine rings is 1. The normalized spacial score (nSPS) is 20.4. The number of carbonyl (C=O) groups is 2. The zero-order chi connectivity index (χ0) is 12.6. The van der Waals surface area contributed by atoms with Crippen molar-refractivity contribution >= 4 is 39.1 Å². The van der Waals surface area contributed by atoms with E-state index in [1.54, 1.807) is 18.0 Å². The van der Waals surface area contributed by atoms with Crippen LogP contribution in [-0.2, 0) is 9.59 Å². The third-order valence-corrected chi connectivity index (χ3v) is 3.19. The molecule has 1 atom stereocenters. The molecule has 2 heterocycles. The zero-order valence-corrected chi connectivity index (χ0v) is 10.7. The summed E-state index contributed by atoms with van der Waals surface area (Å²) in [5, 5.41) is 2.28. The number of anilines is 2. The van der Waals surface area contributed by atoms with Crippen molar-refractivity contribution in [2.24, 2.45) is 0 Å². The van der Waals surface area contributed by atoms with Crippen LogP contribution in [-0.4, -0.2) is 29.4 Å². The summed E-state index contributed by atoms with van der Waals surface area (Å²) in [5.74, 6) is -0.666. The second-order valence-corrected chi connectivity index (χ2v) is 4.63. The fraction of sp³-hybridized carbons (Fsp3) is 0.300. The molecule has 1 aromatic heterocycles. The topological polar surface area (TPSA) is 88.3 Å². The summed E-state index contributed by atoms with van der Waals surface area (Å²) < 4.78 is 0.659. The molecular formula is C10H11BrN4O2. The minimum absolute atomic E-state index is 0.0969. The average molecular weight is 299 g/mol. The van der Waals surface area contributed by atoms with E-state index in [1.807, 2.05) is 0 Å². The number of nitrogens with one attached hydrogen (secondary N) is 1. The molecule has 1 saturated heterocycles. The van der Waals surface area contributed by atoms with Crippen LogP contribution in [0.25, 0.3) is 0 Å². The molecule has 3 N–H and O–H groups in total. The molecule has 2 amide bonds. The van der Waals surface area contributed by atoms with E-state index in [0.717, 1.165) is 0 Å². The van der Waals surface area contributed by atoms with Crippen molar-refractivity contribution in [2.75, 3.05) is 17.2 Å². The van der Waals surface area contributed by atoms with Crippen LogP contribution in [0, 0.1) is 0 Å². The average Bonchev–Trinajstić information content (AvgIpc) is 2.24. The molecule has 1 aromatic rings. The summed E-state index contributed by atoms with van der Waals surface area (Å²) in [5.41, 5.74) is 6.87. The van der Waals surface area contributed by atoms with Gasteiger partial charge >= 0.3 is 0 Å². The molecule has 1 unspecified atom stereocenters. The Morgan fingerprint density at radius 3 is 2.88 bits per heavy atom. The van der Waals surface area contributed by atoms with Crippen molar-refractivity contribution in [1.29, 1.82) is 0 Å². The SMILES string of the molecule is CC1C(=O)NC(=O)CN1c1c(N)cncc1Br. The molecule has 17 heavy (non-hydrogen) atoms. The van der Waals surface area contributed by atoms with E-state index < -0.39 is 6.04 Å². The number of aromatic nitrogens is 1. The quantitative estimate of drug-likeness (QED) is 0.727. The maximum Gasteiger partial charge on any atom is 0.249 e. The molecule has 0 bridgehead atoms. The smallest absolute Gasteiger partial charge is 0.249 e. The molecule has 0 radical (unpaired) electrons. The van der Waals surface area contributed by atoms with E-state index in [-0.39, 0.29) is 18.4 Å². The first-order chi connectivity index (χ1) is 8.00. The fourth-order valence-electron chi connectivity index (χ4n) is 1.73. The third-order valence-electron chi connectivity index (χ3n) is 2.61. The number of nitrogens with two attached hydrogens (primary N) is 1. The van der Waals surface area contributed by atoms with Gasteiger partial charge in [0.25, 0.3) is 0 Å². The molecule has 6 nitrogen and oxygen atoms in total. The van der Waals surface area contributed by atoms with Crippen molar-refractivity contribution in [3.05, 3.63) is 16.9 Å². The van der Waals surface area contributed by atoms with Crippen LogP contribution in [0.2, 0.25) is 0 Å². The van der Waals surface area contributed by atoms with Crippen LogP contribution in [0.5, 0.6) is 0 Å². The summed E-state index contributed by atoms with van der Waals surface area (Å²) in [4.78, 5) is 28.5. The number of hydrogen-bond acceptors (Lipinski definition) is 5. The van der Waals surface area contributed by atoms with Crippen molar-refractivity contribution in [1.82, 2.24) is 10.3 Å². The number of piperazine rings is 1. The van der Waals surface area contributed by atoms with Crippen LogP contribution in [0.1, 0.15) is 6.92 Å². The van der Waals surface area contributed by atoms with Crippen LogP contribution < -0.4 is 16.0 Å². The first-order valence-electron chi connectivity index (χ1n) is 5.00. The van der Waals surface area contributed by atoms with Gasteiger partial charge in [0, 0.05) is 6.20 Å². The number of hydrogen-bond donors (Lipinski definition) is 2. The Balaban J connectivity index is 2.44. The highest BCUT2D eigenvalue weighted by Gasteiger charge is 2.32. The van der Waals surface area contributed by atoms with Crippen LogP contribution in [0.15, 0.2) is 16.9 Å². The molecule has 1 aliphatic heterocycles. The molecular weight excluding hydrogens is 288 g/mol. The van der Waals surface area contributed by atoms with Gasteiger partial charge in [-0.2, -0.15) is 0 Å². The van der Waals surface area contributed by atoms with E-state index in [4.69, 9.17) is 5.73 Å². The molecule has 0 aliphatic carbocycles.